The van der Waals surface area contributed by atoms with Gasteiger partial charge in [0.15, 0.2) is 6.10 Å². The van der Waals surface area contributed by atoms with E-state index < -0.39 is 29.4 Å². The molecule has 144 valence electrons. The first kappa shape index (κ1) is 18.9. The molecule has 0 spiro atoms. The van der Waals surface area contributed by atoms with Gasteiger partial charge in [-0.25, -0.2) is 9.59 Å². The highest BCUT2D eigenvalue weighted by molar-refractivity contribution is 6.01. The Hall–Kier alpha value is -2.84. The predicted molar refractivity (Wildman–Crippen MR) is 95.6 cm³/mol. The molecule has 0 saturated heterocycles. The van der Waals surface area contributed by atoms with E-state index >= 15 is 0 Å². The first-order valence-electron chi connectivity index (χ1n) is 8.34. The number of ether oxygens (including phenoxy) is 2. The van der Waals surface area contributed by atoms with E-state index in [0.717, 1.165) is 0 Å². The van der Waals surface area contributed by atoms with Gasteiger partial charge in [-0.3, -0.25) is 0 Å². The summed E-state index contributed by atoms with van der Waals surface area (Å²) in [6.45, 7) is 4.00. The molecule has 0 saturated carbocycles. The van der Waals surface area contributed by atoms with Gasteiger partial charge in [0.25, 0.3) is 0 Å². The maximum Gasteiger partial charge on any atom is 0.336 e. The second-order valence-corrected chi connectivity index (χ2v) is 6.77. The highest BCUT2D eigenvalue weighted by atomic mass is 16.6. The smallest absolute Gasteiger partial charge is 0.336 e. The van der Waals surface area contributed by atoms with Gasteiger partial charge in [0.05, 0.1) is 22.6 Å². The quantitative estimate of drug-likeness (QED) is 0.495. The van der Waals surface area contributed by atoms with E-state index in [2.05, 4.69) is 0 Å². The Balaban J connectivity index is 1.97. The molecular weight excluding hydrogens is 356 g/mol. The second-order valence-electron chi connectivity index (χ2n) is 6.77. The van der Waals surface area contributed by atoms with Crippen LogP contribution in [0, 0.1) is 0 Å². The van der Waals surface area contributed by atoms with Gasteiger partial charge in [0.2, 0.25) is 0 Å². The number of carbonyl (C=O) groups is 1. The van der Waals surface area contributed by atoms with E-state index in [4.69, 9.17) is 18.3 Å². The Morgan fingerprint density at radius 1 is 1.22 bits per heavy atom. The fourth-order valence-corrected chi connectivity index (χ4v) is 2.55. The second kappa shape index (κ2) is 7.05. The average Bonchev–Trinajstić information content (AvgIpc) is 3.03. The Morgan fingerprint density at radius 2 is 1.93 bits per heavy atom. The summed E-state index contributed by atoms with van der Waals surface area (Å²) in [4.78, 5) is 23.2. The minimum atomic E-state index is -1.42. The fraction of sp³-hybridized carbons (Fsp3) is 0.368. The summed E-state index contributed by atoms with van der Waals surface area (Å²) in [5, 5.41) is 20.8. The van der Waals surface area contributed by atoms with Gasteiger partial charge in [-0.1, -0.05) is 0 Å². The van der Waals surface area contributed by atoms with Crippen LogP contribution in [0.2, 0.25) is 0 Å². The summed E-state index contributed by atoms with van der Waals surface area (Å²) in [7, 11) is 0. The number of hydrogen-bond acceptors (Lipinski definition) is 8. The molecule has 0 radical (unpaired) electrons. The minimum absolute atomic E-state index is 0.194. The average molecular weight is 376 g/mol. The first-order chi connectivity index (χ1) is 12.7. The maximum atomic E-state index is 11.7. The summed E-state index contributed by atoms with van der Waals surface area (Å²) in [5.74, 6) is -0.509. The number of carbonyl (C=O) groups excluding carboxylic acids is 1. The zero-order valence-electron chi connectivity index (χ0n) is 15.1. The molecule has 8 heteroatoms. The van der Waals surface area contributed by atoms with Crippen LogP contribution in [-0.2, 0) is 9.53 Å². The molecule has 0 aliphatic heterocycles. The first-order valence-corrected chi connectivity index (χ1v) is 8.34. The highest BCUT2D eigenvalue weighted by Gasteiger charge is 2.33. The van der Waals surface area contributed by atoms with Gasteiger partial charge in [0, 0.05) is 12.1 Å². The van der Waals surface area contributed by atoms with Crippen molar-refractivity contribution in [2.45, 2.75) is 38.6 Å². The third-order valence-electron chi connectivity index (χ3n) is 4.08. The van der Waals surface area contributed by atoms with Crippen molar-refractivity contribution in [3.8, 4) is 5.75 Å². The number of esters is 1. The molecule has 0 amide bonds. The third kappa shape index (κ3) is 3.96. The lowest BCUT2D eigenvalue weighted by molar-refractivity contribution is -0.173. The molecule has 3 aromatic rings. The Bertz CT molecular complexity index is 1020. The molecule has 2 aromatic heterocycles. The minimum Gasteiger partial charge on any atom is -0.488 e. The van der Waals surface area contributed by atoms with Crippen molar-refractivity contribution in [2.75, 3.05) is 6.61 Å². The monoisotopic (exact) mass is 376 g/mol. The number of hydrogen-bond donors (Lipinski definition) is 2. The lowest BCUT2D eigenvalue weighted by Crippen LogP contribution is -2.45. The molecule has 0 aliphatic carbocycles. The van der Waals surface area contributed by atoms with Crippen molar-refractivity contribution >= 4 is 27.9 Å². The van der Waals surface area contributed by atoms with Crippen LogP contribution in [0.5, 0.6) is 5.75 Å². The van der Waals surface area contributed by atoms with Crippen molar-refractivity contribution in [3.63, 3.8) is 0 Å². The number of fused-ring (bicyclic) bond motifs is 2. The largest absolute Gasteiger partial charge is 0.488 e. The van der Waals surface area contributed by atoms with Gasteiger partial charge < -0.3 is 28.5 Å². The van der Waals surface area contributed by atoms with Crippen LogP contribution in [0.15, 0.2) is 44.2 Å². The van der Waals surface area contributed by atoms with Gasteiger partial charge in [-0.15, -0.1) is 0 Å². The third-order valence-corrected chi connectivity index (χ3v) is 4.08. The maximum absolute atomic E-state index is 11.7. The van der Waals surface area contributed by atoms with Crippen LogP contribution in [0.4, 0.5) is 0 Å². The molecule has 0 bridgehead atoms. The standard InChI is InChI=1S/C19H20O8/c1-10(20)18(22)27-15(19(2,3)23)9-25-17-11-4-5-16(21)26-14(11)8-13-12(17)6-7-24-13/h4-8,10,15,20,23H,9H2,1-3H3/t10-,15+/m0/s1. The molecule has 27 heavy (non-hydrogen) atoms. The molecule has 2 atom stereocenters. The Labute approximate surface area is 153 Å². The van der Waals surface area contributed by atoms with Crippen molar-refractivity contribution in [1.82, 2.24) is 0 Å². The van der Waals surface area contributed by atoms with Gasteiger partial charge in [-0.05, 0) is 32.9 Å². The number of aliphatic hydroxyl groups is 2. The van der Waals surface area contributed by atoms with Crippen LogP contribution in [-0.4, -0.2) is 40.6 Å². The summed E-state index contributed by atoms with van der Waals surface area (Å²) < 4.78 is 21.6. The predicted octanol–water partition coefficient (Wildman–Crippen LogP) is 1.98. The van der Waals surface area contributed by atoms with E-state index in [9.17, 15) is 19.8 Å². The lowest BCUT2D eigenvalue weighted by Gasteiger charge is -2.29. The molecule has 8 nitrogen and oxygen atoms in total. The van der Waals surface area contributed by atoms with Crippen molar-refractivity contribution < 1.29 is 33.3 Å². The van der Waals surface area contributed by atoms with Crippen molar-refractivity contribution in [3.05, 3.63) is 40.9 Å². The summed E-state index contributed by atoms with van der Waals surface area (Å²) in [6, 6.07) is 6.10. The SMILES string of the molecule is C[C@H](O)C(=O)O[C@H](COc1c2ccoc2cc2oc(=O)ccc12)C(C)(C)O. The zero-order chi connectivity index (χ0) is 19.8. The van der Waals surface area contributed by atoms with E-state index in [1.54, 1.807) is 18.2 Å². The van der Waals surface area contributed by atoms with Crippen molar-refractivity contribution in [2.24, 2.45) is 0 Å². The molecule has 0 aliphatic rings. The van der Waals surface area contributed by atoms with Gasteiger partial charge in [-0.2, -0.15) is 0 Å². The molecule has 2 heterocycles. The fourth-order valence-electron chi connectivity index (χ4n) is 2.55. The molecular formula is C19H20O8. The molecule has 3 rings (SSSR count). The molecule has 0 unspecified atom stereocenters. The summed E-state index contributed by atoms with van der Waals surface area (Å²) >= 11 is 0. The Kier molecular flexibility index (Phi) is 4.95. The van der Waals surface area contributed by atoms with Crippen molar-refractivity contribution in [1.29, 1.82) is 0 Å². The number of furan rings is 1. The number of benzene rings is 1. The molecule has 0 fully saturated rings. The lowest BCUT2D eigenvalue weighted by atomic mass is 10.0. The zero-order valence-corrected chi connectivity index (χ0v) is 15.1. The molecule has 2 N–H and O–H groups in total. The van der Waals surface area contributed by atoms with E-state index in [0.29, 0.717) is 22.1 Å². The van der Waals surface area contributed by atoms with Crippen LogP contribution < -0.4 is 10.4 Å². The van der Waals surface area contributed by atoms with Gasteiger partial charge in [0.1, 0.15) is 29.6 Å². The van der Waals surface area contributed by atoms with E-state index in [-0.39, 0.29) is 12.2 Å². The van der Waals surface area contributed by atoms with Gasteiger partial charge >= 0.3 is 11.6 Å². The highest BCUT2D eigenvalue weighted by Crippen LogP contribution is 2.35. The normalized spacial score (nSPS) is 14.3. The van der Waals surface area contributed by atoms with E-state index in [1.165, 1.54) is 33.1 Å². The molecule has 1 aromatic carbocycles. The van der Waals surface area contributed by atoms with Crippen LogP contribution >= 0.6 is 0 Å². The topological polar surface area (TPSA) is 119 Å². The summed E-state index contributed by atoms with van der Waals surface area (Å²) in [6.07, 6.45) is -0.912. The Morgan fingerprint density at radius 3 is 2.59 bits per heavy atom. The number of aliphatic hydroxyl groups excluding tert-OH is 1. The summed E-state index contributed by atoms with van der Waals surface area (Å²) in [5.41, 5.74) is -1.20. The van der Waals surface area contributed by atoms with Crippen LogP contribution in [0.3, 0.4) is 0 Å². The van der Waals surface area contributed by atoms with Crippen LogP contribution in [0.1, 0.15) is 20.8 Å². The van der Waals surface area contributed by atoms with E-state index in [1.807, 2.05) is 0 Å². The van der Waals surface area contributed by atoms with Crippen LogP contribution in [0.25, 0.3) is 21.9 Å². The number of rotatable bonds is 6.